The standard InChI is InChI=1S/C15H19ClN2/c1-10-5-6-14(16)8-15(10)17-9-13-7-11(2)18(4)12(13)3/h5-8,17H,9H2,1-4H3. The summed E-state index contributed by atoms with van der Waals surface area (Å²) in [6.45, 7) is 7.19. The number of nitrogens with one attached hydrogen (secondary N) is 1. The highest BCUT2D eigenvalue weighted by Gasteiger charge is 2.06. The van der Waals surface area contributed by atoms with Gasteiger partial charge in [0.25, 0.3) is 0 Å². The van der Waals surface area contributed by atoms with Crippen molar-refractivity contribution < 1.29 is 0 Å². The molecule has 0 aliphatic carbocycles. The highest BCUT2D eigenvalue weighted by atomic mass is 35.5. The summed E-state index contributed by atoms with van der Waals surface area (Å²) in [6, 6.07) is 8.15. The molecule has 3 heteroatoms. The van der Waals surface area contributed by atoms with Crippen LogP contribution in [-0.4, -0.2) is 4.57 Å². The molecule has 18 heavy (non-hydrogen) atoms. The second-order valence-electron chi connectivity index (χ2n) is 4.77. The molecule has 0 amide bonds. The van der Waals surface area contributed by atoms with Crippen LogP contribution in [0.3, 0.4) is 0 Å². The van der Waals surface area contributed by atoms with Crippen molar-refractivity contribution in [2.75, 3.05) is 5.32 Å². The van der Waals surface area contributed by atoms with Crippen molar-refractivity contribution in [1.29, 1.82) is 0 Å². The lowest BCUT2D eigenvalue weighted by Gasteiger charge is -2.10. The molecule has 0 bridgehead atoms. The van der Waals surface area contributed by atoms with E-state index >= 15 is 0 Å². The summed E-state index contributed by atoms with van der Waals surface area (Å²) in [6.07, 6.45) is 0. The van der Waals surface area contributed by atoms with Crippen molar-refractivity contribution in [2.24, 2.45) is 7.05 Å². The molecule has 0 unspecified atom stereocenters. The Morgan fingerprint density at radius 1 is 1.17 bits per heavy atom. The maximum Gasteiger partial charge on any atom is 0.0426 e. The van der Waals surface area contributed by atoms with Crippen molar-refractivity contribution in [3.05, 3.63) is 51.8 Å². The first kappa shape index (κ1) is 13.0. The Hall–Kier alpha value is -1.41. The Labute approximate surface area is 114 Å². The lowest BCUT2D eigenvalue weighted by atomic mass is 10.2. The van der Waals surface area contributed by atoms with Crippen LogP contribution < -0.4 is 5.32 Å². The van der Waals surface area contributed by atoms with Crippen LogP contribution in [0.25, 0.3) is 0 Å². The first-order valence-electron chi connectivity index (χ1n) is 6.11. The number of hydrogen-bond donors (Lipinski definition) is 1. The third-order valence-corrected chi connectivity index (χ3v) is 3.78. The van der Waals surface area contributed by atoms with E-state index in [2.05, 4.69) is 43.8 Å². The minimum Gasteiger partial charge on any atom is -0.381 e. The number of rotatable bonds is 3. The molecule has 2 aromatic rings. The van der Waals surface area contributed by atoms with Crippen LogP contribution in [0.15, 0.2) is 24.3 Å². The van der Waals surface area contributed by atoms with E-state index in [0.29, 0.717) is 0 Å². The van der Waals surface area contributed by atoms with E-state index in [0.717, 1.165) is 17.3 Å². The van der Waals surface area contributed by atoms with Gasteiger partial charge in [-0.25, -0.2) is 0 Å². The van der Waals surface area contributed by atoms with Gasteiger partial charge in [-0.1, -0.05) is 17.7 Å². The summed E-state index contributed by atoms with van der Waals surface area (Å²) in [4.78, 5) is 0. The number of halogens is 1. The predicted molar refractivity (Wildman–Crippen MR) is 78.4 cm³/mol. The number of hydrogen-bond acceptors (Lipinski definition) is 1. The third kappa shape index (κ3) is 2.54. The highest BCUT2D eigenvalue weighted by Crippen LogP contribution is 2.22. The summed E-state index contributed by atoms with van der Waals surface area (Å²) in [5.41, 5.74) is 6.23. The molecule has 0 saturated heterocycles. The molecule has 0 atom stereocenters. The van der Waals surface area contributed by atoms with Gasteiger partial charge in [-0.15, -0.1) is 0 Å². The molecule has 0 spiro atoms. The summed E-state index contributed by atoms with van der Waals surface area (Å²) in [5.74, 6) is 0. The zero-order valence-electron chi connectivity index (χ0n) is 11.3. The maximum absolute atomic E-state index is 6.02. The highest BCUT2D eigenvalue weighted by molar-refractivity contribution is 6.30. The second kappa shape index (κ2) is 5.07. The zero-order chi connectivity index (χ0) is 13.3. The average Bonchev–Trinajstić information content (AvgIpc) is 2.58. The maximum atomic E-state index is 6.02. The first-order chi connectivity index (χ1) is 8.49. The summed E-state index contributed by atoms with van der Waals surface area (Å²) >= 11 is 6.02. The van der Waals surface area contributed by atoms with E-state index in [9.17, 15) is 0 Å². The molecule has 2 rings (SSSR count). The molecule has 0 fully saturated rings. The minimum absolute atomic E-state index is 0.768. The zero-order valence-corrected chi connectivity index (χ0v) is 12.1. The largest absolute Gasteiger partial charge is 0.381 e. The van der Waals surface area contributed by atoms with Crippen molar-refractivity contribution in [3.8, 4) is 0 Å². The molecule has 0 aliphatic heterocycles. The van der Waals surface area contributed by atoms with Gasteiger partial charge in [0.15, 0.2) is 0 Å². The topological polar surface area (TPSA) is 17.0 Å². The van der Waals surface area contributed by atoms with E-state index < -0.39 is 0 Å². The quantitative estimate of drug-likeness (QED) is 0.877. The van der Waals surface area contributed by atoms with Gasteiger partial charge in [-0.2, -0.15) is 0 Å². The SMILES string of the molecule is Cc1ccc(Cl)cc1NCc1cc(C)n(C)c1C. The third-order valence-electron chi connectivity index (χ3n) is 3.55. The van der Waals surface area contributed by atoms with Crippen molar-refractivity contribution in [3.63, 3.8) is 0 Å². The van der Waals surface area contributed by atoms with Gasteiger partial charge in [0.1, 0.15) is 0 Å². The Morgan fingerprint density at radius 3 is 2.50 bits per heavy atom. The molecular weight excluding hydrogens is 244 g/mol. The smallest absolute Gasteiger partial charge is 0.0426 e. The number of benzene rings is 1. The molecule has 1 aromatic heterocycles. The monoisotopic (exact) mass is 262 g/mol. The molecule has 0 saturated carbocycles. The normalized spacial score (nSPS) is 10.7. The van der Waals surface area contributed by atoms with Crippen molar-refractivity contribution in [1.82, 2.24) is 4.57 Å². The van der Waals surface area contributed by atoms with Crippen LogP contribution in [0, 0.1) is 20.8 Å². The molecule has 1 heterocycles. The van der Waals surface area contributed by atoms with E-state index in [1.54, 1.807) is 0 Å². The van der Waals surface area contributed by atoms with Gasteiger partial charge in [0, 0.05) is 35.7 Å². The van der Waals surface area contributed by atoms with E-state index in [1.165, 1.54) is 22.5 Å². The van der Waals surface area contributed by atoms with E-state index in [4.69, 9.17) is 11.6 Å². The first-order valence-corrected chi connectivity index (χ1v) is 6.48. The van der Waals surface area contributed by atoms with E-state index in [1.807, 2.05) is 18.2 Å². The summed E-state index contributed by atoms with van der Waals surface area (Å²) in [5, 5.41) is 4.22. The molecule has 0 radical (unpaired) electrons. The summed E-state index contributed by atoms with van der Waals surface area (Å²) in [7, 11) is 2.10. The summed E-state index contributed by atoms with van der Waals surface area (Å²) < 4.78 is 2.21. The number of aryl methyl sites for hydroxylation is 2. The predicted octanol–water partition coefficient (Wildman–Crippen LogP) is 4.22. The van der Waals surface area contributed by atoms with Gasteiger partial charge in [0.05, 0.1) is 0 Å². The molecule has 2 nitrogen and oxygen atoms in total. The number of anilines is 1. The van der Waals surface area contributed by atoms with Gasteiger partial charge in [0.2, 0.25) is 0 Å². The fourth-order valence-corrected chi connectivity index (χ4v) is 2.26. The molecule has 96 valence electrons. The van der Waals surface area contributed by atoms with Crippen LogP contribution >= 0.6 is 11.6 Å². The molecule has 1 N–H and O–H groups in total. The van der Waals surface area contributed by atoms with Crippen molar-refractivity contribution in [2.45, 2.75) is 27.3 Å². The minimum atomic E-state index is 0.768. The van der Waals surface area contributed by atoms with Gasteiger partial charge < -0.3 is 9.88 Å². The lowest BCUT2D eigenvalue weighted by molar-refractivity contribution is 0.837. The van der Waals surface area contributed by atoms with Crippen LogP contribution in [0.5, 0.6) is 0 Å². The fourth-order valence-electron chi connectivity index (χ4n) is 2.09. The van der Waals surface area contributed by atoms with Crippen LogP contribution in [0.1, 0.15) is 22.5 Å². The van der Waals surface area contributed by atoms with Crippen LogP contribution in [0.2, 0.25) is 5.02 Å². The Bertz CT molecular complexity index is 570. The van der Waals surface area contributed by atoms with Crippen molar-refractivity contribution >= 4 is 17.3 Å². The number of nitrogens with zero attached hydrogens (tertiary/aromatic N) is 1. The van der Waals surface area contributed by atoms with Crippen LogP contribution in [-0.2, 0) is 13.6 Å². The lowest BCUT2D eigenvalue weighted by Crippen LogP contribution is -2.02. The van der Waals surface area contributed by atoms with Gasteiger partial charge in [-0.05, 0) is 50.1 Å². The Kier molecular flexibility index (Phi) is 3.67. The Morgan fingerprint density at radius 2 is 1.89 bits per heavy atom. The van der Waals surface area contributed by atoms with Gasteiger partial charge in [-0.3, -0.25) is 0 Å². The van der Waals surface area contributed by atoms with Gasteiger partial charge >= 0.3 is 0 Å². The Balaban J connectivity index is 2.16. The number of aromatic nitrogens is 1. The van der Waals surface area contributed by atoms with Crippen LogP contribution in [0.4, 0.5) is 5.69 Å². The fraction of sp³-hybridized carbons (Fsp3) is 0.333. The second-order valence-corrected chi connectivity index (χ2v) is 5.20. The molecule has 0 aliphatic rings. The average molecular weight is 263 g/mol. The molecular formula is C15H19ClN2. The van der Waals surface area contributed by atoms with E-state index in [-0.39, 0.29) is 0 Å². The molecule has 1 aromatic carbocycles.